The van der Waals surface area contributed by atoms with E-state index >= 15 is 0 Å². The van der Waals surface area contributed by atoms with E-state index in [1.54, 1.807) is 29.3 Å². The Bertz CT molecular complexity index is 839. The predicted octanol–water partition coefficient (Wildman–Crippen LogP) is 4.50. The number of rotatable bonds is 8. The summed E-state index contributed by atoms with van der Waals surface area (Å²) < 4.78 is 15.2. The Morgan fingerprint density at radius 3 is 2.83 bits per heavy atom. The lowest BCUT2D eigenvalue weighted by Gasteiger charge is -2.20. The van der Waals surface area contributed by atoms with E-state index in [2.05, 4.69) is 15.2 Å². The number of halogens is 2. The normalized spacial score (nSPS) is 12.1. The summed E-state index contributed by atoms with van der Waals surface area (Å²) >= 11 is 7.53. The highest BCUT2D eigenvalue weighted by molar-refractivity contribution is 8.15. The van der Waals surface area contributed by atoms with Gasteiger partial charge in [0.15, 0.2) is 5.15 Å². The number of hydrogen-bond donors (Lipinski definition) is 0. The van der Waals surface area contributed by atoms with E-state index in [1.807, 2.05) is 13.0 Å². The molecule has 0 aliphatic rings. The summed E-state index contributed by atoms with van der Waals surface area (Å²) in [6.45, 7) is 5.26. The first kappa shape index (κ1) is 23.2. The van der Waals surface area contributed by atoms with Crippen molar-refractivity contribution in [3.63, 3.8) is 0 Å². The van der Waals surface area contributed by atoms with Gasteiger partial charge in [-0.25, -0.2) is 9.07 Å². The molecule has 0 saturated carbocycles. The Kier molecular flexibility index (Phi) is 8.45. The molecule has 0 radical (unpaired) electrons. The summed E-state index contributed by atoms with van der Waals surface area (Å²) in [5.41, 5.74) is -0.0667. The first-order chi connectivity index (χ1) is 13.8. The third-order valence-corrected chi connectivity index (χ3v) is 5.21. The first-order valence-corrected chi connectivity index (χ1v) is 10.5. The molecule has 0 aliphatic heterocycles. The lowest BCUT2D eigenvalue weighted by molar-refractivity contribution is -0.112. The lowest BCUT2D eigenvalue weighted by atomic mass is 10.1. The molecule has 29 heavy (non-hydrogen) atoms. The minimum absolute atomic E-state index is 0.177. The summed E-state index contributed by atoms with van der Waals surface area (Å²) in [5.74, 6) is 0.188. The molecule has 1 amide bonds. The highest BCUT2D eigenvalue weighted by Gasteiger charge is 2.26. The molecule has 0 aliphatic carbocycles. The van der Waals surface area contributed by atoms with Crippen molar-refractivity contribution >= 4 is 40.0 Å². The van der Waals surface area contributed by atoms with Gasteiger partial charge in [0.2, 0.25) is 5.04 Å². The average Bonchev–Trinajstić information content (AvgIpc) is 3.06. The Labute approximate surface area is 179 Å². The quantitative estimate of drug-likeness (QED) is 0.261. The maximum Gasteiger partial charge on any atom is 0.287 e. The zero-order valence-corrected chi connectivity index (χ0v) is 18.5. The third kappa shape index (κ3) is 6.71. The number of carbonyl (C=O) groups excluding carboxylic acids is 1. The number of carbonyl (C=O) groups is 1. The molecule has 0 bridgehead atoms. The standard InChI is InChI=1S/C19H25ClFN5O2S/c1-5-25(15-13-26(23-16(15)20)14-8-6-10-22-12-14)18(27)17(24-28-4)29-11-7-9-19(2,3)21/h6,8,10,12-13H,5,7,9,11H2,1-4H3/b24-17+. The molecule has 2 aromatic rings. The first-order valence-electron chi connectivity index (χ1n) is 9.17. The predicted molar refractivity (Wildman–Crippen MR) is 116 cm³/mol. The van der Waals surface area contributed by atoms with Gasteiger partial charge in [0.1, 0.15) is 18.5 Å². The molecule has 10 heteroatoms. The van der Waals surface area contributed by atoms with Gasteiger partial charge in [-0.3, -0.25) is 9.78 Å². The second-order valence-corrected chi connectivity index (χ2v) is 8.20. The van der Waals surface area contributed by atoms with E-state index in [-0.39, 0.29) is 16.1 Å². The number of amides is 1. The topological polar surface area (TPSA) is 72.6 Å². The Morgan fingerprint density at radius 2 is 2.24 bits per heavy atom. The lowest BCUT2D eigenvalue weighted by Crippen LogP contribution is -2.35. The van der Waals surface area contributed by atoms with E-state index in [0.717, 1.165) is 5.69 Å². The fourth-order valence-corrected chi connectivity index (χ4v) is 3.63. The van der Waals surface area contributed by atoms with Crippen molar-refractivity contribution in [2.75, 3.05) is 24.3 Å². The van der Waals surface area contributed by atoms with Crippen LogP contribution in [0, 0.1) is 0 Å². The molecular weight excluding hydrogens is 417 g/mol. The van der Waals surface area contributed by atoms with Crippen molar-refractivity contribution < 1.29 is 14.0 Å². The Morgan fingerprint density at radius 1 is 1.48 bits per heavy atom. The number of nitrogens with zero attached hydrogens (tertiary/aromatic N) is 5. The SMILES string of the molecule is CCN(C(=O)/C(=N\OC)SCCCC(C)(C)F)c1cn(-c2cccnc2)nc1Cl. The third-order valence-electron chi connectivity index (χ3n) is 3.93. The molecule has 158 valence electrons. The number of aromatic nitrogens is 3. The van der Waals surface area contributed by atoms with Crippen LogP contribution >= 0.6 is 23.4 Å². The van der Waals surface area contributed by atoms with Crippen LogP contribution in [0.5, 0.6) is 0 Å². The maximum absolute atomic E-state index is 13.6. The number of thioether (sulfide) groups is 1. The fourth-order valence-electron chi connectivity index (χ4n) is 2.56. The molecule has 7 nitrogen and oxygen atoms in total. The van der Waals surface area contributed by atoms with Crippen molar-refractivity contribution in [2.45, 2.75) is 39.3 Å². The van der Waals surface area contributed by atoms with Gasteiger partial charge >= 0.3 is 0 Å². The molecule has 0 N–H and O–H groups in total. The van der Waals surface area contributed by atoms with Crippen molar-refractivity contribution in [3.05, 3.63) is 35.9 Å². The molecule has 0 fully saturated rings. The summed E-state index contributed by atoms with van der Waals surface area (Å²) in [6, 6.07) is 3.62. The molecule has 2 rings (SSSR count). The van der Waals surface area contributed by atoms with Gasteiger partial charge in [-0.1, -0.05) is 28.5 Å². The number of alkyl halides is 1. The number of pyridine rings is 1. The molecule has 2 aromatic heterocycles. The minimum Gasteiger partial charge on any atom is -0.398 e. The number of oxime groups is 1. The zero-order valence-electron chi connectivity index (χ0n) is 16.9. The zero-order chi connectivity index (χ0) is 21.4. The van der Waals surface area contributed by atoms with Crippen LogP contribution in [0.1, 0.15) is 33.6 Å². The summed E-state index contributed by atoms with van der Waals surface area (Å²) in [4.78, 5) is 23.4. The fraction of sp³-hybridized carbons (Fsp3) is 0.474. The van der Waals surface area contributed by atoms with Crippen LogP contribution in [0.4, 0.5) is 10.1 Å². The van der Waals surface area contributed by atoms with E-state index in [1.165, 1.54) is 37.6 Å². The highest BCUT2D eigenvalue weighted by Crippen LogP contribution is 2.27. The van der Waals surface area contributed by atoms with Crippen molar-refractivity contribution in [1.29, 1.82) is 0 Å². The van der Waals surface area contributed by atoms with E-state index < -0.39 is 5.67 Å². The maximum atomic E-state index is 13.6. The minimum atomic E-state index is -1.24. The van der Waals surface area contributed by atoms with Gasteiger partial charge in [0, 0.05) is 12.7 Å². The highest BCUT2D eigenvalue weighted by atomic mass is 35.5. The van der Waals surface area contributed by atoms with Gasteiger partial charge < -0.3 is 9.74 Å². The Balaban J connectivity index is 2.17. The van der Waals surface area contributed by atoms with Crippen LogP contribution in [-0.2, 0) is 9.63 Å². The summed E-state index contributed by atoms with van der Waals surface area (Å²) in [6.07, 6.45) is 5.98. The van der Waals surface area contributed by atoms with E-state index in [9.17, 15) is 9.18 Å². The van der Waals surface area contributed by atoms with Crippen LogP contribution in [0.25, 0.3) is 5.69 Å². The van der Waals surface area contributed by atoms with E-state index in [0.29, 0.717) is 30.8 Å². The van der Waals surface area contributed by atoms with E-state index in [4.69, 9.17) is 16.4 Å². The van der Waals surface area contributed by atoms with Gasteiger partial charge in [0.25, 0.3) is 5.91 Å². The van der Waals surface area contributed by atoms with Crippen LogP contribution < -0.4 is 4.90 Å². The molecule has 0 saturated heterocycles. The number of hydrogen-bond acceptors (Lipinski definition) is 6. The van der Waals surface area contributed by atoms with Gasteiger partial charge in [0.05, 0.1) is 18.1 Å². The van der Waals surface area contributed by atoms with Crippen LogP contribution in [0.3, 0.4) is 0 Å². The largest absolute Gasteiger partial charge is 0.398 e. The molecule has 0 unspecified atom stereocenters. The second-order valence-electron chi connectivity index (χ2n) is 6.76. The molecule has 2 heterocycles. The van der Waals surface area contributed by atoms with Crippen molar-refractivity contribution in [2.24, 2.45) is 5.16 Å². The number of anilines is 1. The van der Waals surface area contributed by atoms with Gasteiger partial charge in [-0.2, -0.15) is 5.10 Å². The molecular formula is C19H25ClFN5O2S. The molecule has 0 aromatic carbocycles. The van der Waals surface area contributed by atoms with Gasteiger partial charge in [-0.15, -0.1) is 0 Å². The second kappa shape index (κ2) is 10.6. The molecule has 0 atom stereocenters. The van der Waals surface area contributed by atoms with Gasteiger partial charge in [-0.05, 0) is 51.5 Å². The smallest absolute Gasteiger partial charge is 0.287 e. The Hall–Kier alpha value is -2.13. The summed E-state index contributed by atoms with van der Waals surface area (Å²) in [5, 5.41) is 8.49. The van der Waals surface area contributed by atoms with Crippen LogP contribution in [0.2, 0.25) is 5.15 Å². The van der Waals surface area contributed by atoms with Crippen molar-refractivity contribution in [3.8, 4) is 5.69 Å². The summed E-state index contributed by atoms with van der Waals surface area (Å²) in [7, 11) is 1.38. The monoisotopic (exact) mass is 441 g/mol. The average molecular weight is 442 g/mol. The molecule has 0 spiro atoms. The van der Waals surface area contributed by atoms with Crippen LogP contribution in [0.15, 0.2) is 35.9 Å². The van der Waals surface area contributed by atoms with Crippen molar-refractivity contribution in [1.82, 2.24) is 14.8 Å². The van der Waals surface area contributed by atoms with Crippen LogP contribution in [-0.4, -0.2) is 50.8 Å².